The van der Waals surface area contributed by atoms with Gasteiger partial charge in [0.15, 0.2) is 4.93 Å². The molecule has 0 saturated heterocycles. The first-order chi connectivity index (χ1) is 6.74. The Morgan fingerprint density at radius 2 is 2.00 bits per heavy atom. The van der Waals surface area contributed by atoms with Gasteiger partial charge >= 0.3 is 0 Å². The number of thioether (sulfide) groups is 1. The van der Waals surface area contributed by atoms with Crippen molar-refractivity contribution in [3.05, 3.63) is 29.8 Å². The van der Waals surface area contributed by atoms with Crippen molar-refractivity contribution in [3.63, 3.8) is 0 Å². The molecule has 0 amide bonds. The van der Waals surface area contributed by atoms with Crippen LogP contribution in [0.5, 0.6) is 0 Å². The van der Waals surface area contributed by atoms with E-state index in [1.54, 1.807) is 11.8 Å². The number of carbonyl (C=O) groups excluding carboxylic acids is 1. The lowest BCUT2D eigenvalue weighted by Gasteiger charge is -2.12. The third-order valence-electron chi connectivity index (χ3n) is 2.25. The van der Waals surface area contributed by atoms with Crippen LogP contribution in [0, 0.1) is 6.92 Å². The summed E-state index contributed by atoms with van der Waals surface area (Å²) in [4.78, 5) is 11.2. The summed E-state index contributed by atoms with van der Waals surface area (Å²) in [6.07, 6.45) is 1.93. The van der Waals surface area contributed by atoms with Crippen LogP contribution in [0.25, 0.3) is 0 Å². The Morgan fingerprint density at radius 1 is 1.36 bits per heavy atom. The van der Waals surface area contributed by atoms with Crippen LogP contribution in [-0.4, -0.2) is 11.4 Å². The van der Waals surface area contributed by atoms with Gasteiger partial charge in [0.2, 0.25) is 0 Å². The van der Waals surface area contributed by atoms with Crippen molar-refractivity contribution in [3.8, 4) is 0 Å². The zero-order valence-electron chi connectivity index (χ0n) is 8.03. The normalized spacial score (nSPS) is 17.5. The Labute approximate surface area is 87.6 Å². The number of carbonyl (C=O) groups is 1. The van der Waals surface area contributed by atoms with E-state index < -0.39 is 0 Å². The Kier molecular flexibility index (Phi) is 2.50. The molecular weight excluding hydrogens is 196 g/mol. The number of rotatable bonds is 4. The van der Waals surface area contributed by atoms with Crippen LogP contribution in [0.4, 0.5) is 0 Å². The molecule has 3 heteroatoms. The third-order valence-corrected chi connectivity index (χ3v) is 3.63. The second-order valence-electron chi connectivity index (χ2n) is 3.54. The second kappa shape index (κ2) is 3.65. The number of aryl methyl sites for hydroxylation is 1. The fourth-order valence-corrected chi connectivity index (χ4v) is 2.35. The Bertz CT molecular complexity index is 328. The molecule has 14 heavy (non-hydrogen) atoms. The van der Waals surface area contributed by atoms with E-state index in [1.165, 1.54) is 5.56 Å². The van der Waals surface area contributed by atoms with Crippen molar-refractivity contribution >= 4 is 18.2 Å². The molecule has 0 spiro atoms. The van der Waals surface area contributed by atoms with E-state index in [0.717, 1.165) is 17.7 Å². The molecule has 1 fully saturated rings. The largest absolute Gasteiger partial charge is 0.450 e. The molecule has 0 bridgehead atoms. The highest BCUT2D eigenvalue weighted by atomic mass is 32.2. The van der Waals surface area contributed by atoms with Crippen molar-refractivity contribution < 1.29 is 9.53 Å². The minimum absolute atomic E-state index is 0.253. The maximum absolute atomic E-state index is 10.3. The minimum atomic E-state index is -0.253. The smallest absolute Gasteiger partial charge is 0.294 e. The van der Waals surface area contributed by atoms with Gasteiger partial charge in [-0.05, 0) is 19.1 Å². The van der Waals surface area contributed by atoms with Crippen LogP contribution in [-0.2, 0) is 9.53 Å². The summed E-state index contributed by atoms with van der Waals surface area (Å²) in [6, 6.07) is 8.26. The highest BCUT2D eigenvalue weighted by Gasteiger charge is 2.46. The van der Waals surface area contributed by atoms with Gasteiger partial charge in [-0.1, -0.05) is 29.5 Å². The van der Waals surface area contributed by atoms with Crippen molar-refractivity contribution in [2.75, 3.05) is 0 Å². The van der Waals surface area contributed by atoms with Gasteiger partial charge in [0, 0.05) is 17.7 Å². The van der Waals surface area contributed by atoms with E-state index in [9.17, 15) is 4.79 Å². The van der Waals surface area contributed by atoms with Gasteiger partial charge in [0.05, 0.1) is 0 Å². The predicted molar refractivity (Wildman–Crippen MR) is 56.2 cm³/mol. The summed E-state index contributed by atoms with van der Waals surface area (Å²) in [6.45, 7) is 2.61. The van der Waals surface area contributed by atoms with E-state index in [-0.39, 0.29) is 4.93 Å². The average Bonchev–Trinajstić information content (AvgIpc) is 2.90. The van der Waals surface area contributed by atoms with Crippen LogP contribution < -0.4 is 0 Å². The molecule has 1 aromatic carbocycles. The van der Waals surface area contributed by atoms with Crippen LogP contribution in [0.15, 0.2) is 29.2 Å². The molecule has 0 heterocycles. The number of ether oxygens (including phenoxy) is 1. The molecule has 1 aliphatic rings. The molecule has 0 radical (unpaired) electrons. The Balaban J connectivity index is 2.03. The summed E-state index contributed by atoms with van der Waals surface area (Å²) in [5, 5.41) is 0. The van der Waals surface area contributed by atoms with Crippen molar-refractivity contribution in [2.24, 2.45) is 0 Å². The second-order valence-corrected chi connectivity index (χ2v) is 4.96. The van der Waals surface area contributed by atoms with Gasteiger partial charge < -0.3 is 4.74 Å². The molecule has 0 N–H and O–H groups in total. The lowest BCUT2D eigenvalue weighted by molar-refractivity contribution is -0.131. The van der Waals surface area contributed by atoms with Crippen molar-refractivity contribution in [2.45, 2.75) is 29.6 Å². The first-order valence-electron chi connectivity index (χ1n) is 4.61. The number of benzene rings is 1. The maximum Gasteiger partial charge on any atom is 0.294 e. The van der Waals surface area contributed by atoms with Crippen LogP contribution in [0.3, 0.4) is 0 Å². The standard InChI is InChI=1S/C11H12O2S/c1-9-2-4-10(5-3-9)14-11(6-7-11)13-8-12/h2-5,8H,6-7H2,1H3. The molecule has 0 aliphatic heterocycles. The highest BCUT2D eigenvalue weighted by molar-refractivity contribution is 8.00. The lowest BCUT2D eigenvalue weighted by Crippen LogP contribution is -2.06. The van der Waals surface area contributed by atoms with E-state index in [2.05, 4.69) is 31.2 Å². The summed E-state index contributed by atoms with van der Waals surface area (Å²) in [7, 11) is 0. The van der Waals surface area contributed by atoms with E-state index in [1.807, 2.05) is 0 Å². The molecule has 1 aliphatic carbocycles. The summed E-state index contributed by atoms with van der Waals surface area (Å²) < 4.78 is 5.06. The molecular formula is C11H12O2S. The van der Waals surface area contributed by atoms with Crippen LogP contribution in [0.2, 0.25) is 0 Å². The topological polar surface area (TPSA) is 26.3 Å². The number of hydrogen-bond acceptors (Lipinski definition) is 3. The first kappa shape index (κ1) is 9.59. The van der Waals surface area contributed by atoms with Gasteiger partial charge in [-0.25, -0.2) is 0 Å². The summed E-state index contributed by atoms with van der Waals surface area (Å²) in [5.74, 6) is 0. The fourth-order valence-electron chi connectivity index (χ4n) is 1.25. The molecule has 74 valence electrons. The predicted octanol–water partition coefficient (Wildman–Crippen LogP) is 2.75. The fraction of sp³-hybridized carbons (Fsp3) is 0.364. The summed E-state index contributed by atoms with van der Waals surface area (Å²) in [5.41, 5.74) is 1.25. The molecule has 1 saturated carbocycles. The van der Waals surface area contributed by atoms with E-state index in [4.69, 9.17) is 4.74 Å². The SMILES string of the molecule is Cc1ccc(SC2(OC=O)CC2)cc1. The monoisotopic (exact) mass is 208 g/mol. The van der Waals surface area contributed by atoms with E-state index >= 15 is 0 Å². The minimum Gasteiger partial charge on any atom is -0.450 e. The van der Waals surface area contributed by atoms with Gasteiger partial charge in [0.1, 0.15) is 0 Å². The van der Waals surface area contributed by atoms with Gasteiger partial charge in [-0.2, -0.15) is 0 Å². The highest BCUT2D eigenvalue weighted by Crippen LogP contribution is 2.52. The first-order valence-corrected chi connectivity index (χ1v) is 5.43. The van der Waals surface area contributed by atoms with Gasteiger partial charge in [-0.15, -0.1) is 0 Å². The van der Waals surface area contributed by atoms with Crippen LogP contribution in [0.1, 0.15) is 18.4 Å². The van der Waals surface area contributed by atoms with Crippen LogP contribution >= 0.6 is 11.8 Å². The molecule has 0 unspecified atom stereocenters. The third kappa shape index (κ3) is 2.10. The molecule has 0 atom stereocenters. The van der Waals surface area contributed by atoms with Gasteiger partial charge in [0.25, 0.3) is 6.47 Å². The molecule has 0 aromatic heterocycles. The zero-order chi connectivity index (χ0) is 10.0. The lowest BCUT2D eigenvalue weighted by atomic mass is 10.2. The average molecular weight is 208 g/mol. The maximum atomic E-state index is 10.3. The molecule has 1 aromatic rings. The van der Waals surface area contributed by atoms with Crippen molar-refractivity contribution in [1.82, 2.24) is 0 Å². The number of hydrogen-bond donors (Lipinski definition) is 0. The molecule has 2 nitrogen and oxygen atoms in total. The van der Waals surface area contributed by atoms with Crippen molar-refractivity contribution in [1.29, 1.82) is 0 Å². The van der Waals surface area contributed by atoms with Gasteiger partial charge in [-0.3, -0.25) is 4.79 Å². The zero-order valence-corrected chi connectivity index (χ0v) is 8.84. The van der Waals surface area contributed by atoms with E-state index in [0.29, 0.717) is 6.47 Å². The molecule has 2 rings (SSSR count). The quantitative estimate of drug-likeness (QED) is 0.562. The Hall–Kier alpha value is -0.960. The Morgan fingerprint density at radius 3 is 2.50 bits per heavy atom. The summed E-state index contributed by atoms with van der Waals surface area (Å²) >= 11 is 1.64.